The van der Waals surface area contributed by atoms with Crippen LogP contribution >= 0.6 is 23.1 Å². The number of nitrogens with zero attached hydrogens (tertiary/aromatic N) is 3. The van der Waals surface area contributed by atoms with E-state index in [-0.39, 0.29) is 11.7 Å². The van der Waals surface area contributed by atoms with Gasteiger partial charge in [0.15, 0.2) is 11.0 Å². The zero-order valence-corrected chi connectivity index (χ0v) is 19.1. The summed E-state index contributed by atoms with van der Waals surface area (Å²) in [6, 6.07) is 9.58. The van der Waals surface area contributed by atoms with Crippen LogP contribution in [0.15, 0.2) is 35.5 Å². The van der Waals surface area contributed by atoms with Gasteiger partial charge in [0.2, 0.25) is 5.91 Å². The van der Waals surface area contributed by atoms with Crippen molar-refractivity contribution in [1.29, 1.82) is 0 Å². The van der Waals surface area contributed by atoms with Crippen LogP contribution in [0.4, 0.5) is 5.69 Å². The number of anilines is 1. The second-order valence-electron chi connectivity index (χ2n) is 7.51. The van der Waals surface area contributed by atoms with E-state index in [1.165, 1.54) is 52.8 Å². The first kappa shape index (κ1) is 20.9. The van der Waals surface area contributed by atoms with Crippen LogP contribution in [0, 0.1) is 5.92 Å². The number of aryl methyl sites for hydroxylation is 1. The predicted molar refractivity (Wildman–Crippen MR) is 122 cm³/mol. The first-order valence-corrected chi connectivity index (χ1v) is 12.0. The van der Waals surface area contributed by atoms with Gasteiger partial charge >= 0.3 is 0 Å². The van der Waals surface area contributed by atoms with Gasteiger partial charge in [-0.15, -0.1) is 21.5 Å². The Bertz CT molecular complexity index is 1030. The number of thioether (sulfide) groups is 1. The van der Waals surface area contributed by atoms with Crippen molar-refractivity contribution in [3.05, 3.63) is 40.8 Å². The number of ether oxygens (including phenoxy) is 1. The molecule has 6 nitrogen and oxygen atoms in total. The monoisotopic (exact) mass is 442 g/mol. The van der Waals surface area contributed by atoms with Crippen LogP contribution in [0.5, 0.6) is 5.75 Å². The molecule has 1 N–H and O–H groups in total. The molecule has 30 heavy (non-hydrogen) atoms. The topological polar surface area (TPSA) is 69.0 Å². The Morgan fingerprint density at radius 2 is 2.13 bits per heavy atom. The number of amides is 1. The maximum absolute atomic E-state index is 12.3. The Hall–Kier alpha value is -2.32. The van der Waals surface area contributed by atoms with Gasteiger partial charge in [0.1, 0.15) is 5.75 Å². The van der Waals surface area contributed by atoms with Gasteiger partial charge in [-0.25, -0.2) is 0 Å². The summed E-state index contributed by atoms with van der Waals surface area (Å²) in [5, 5.41) is 12.4. The van der Waals surface area contributed by atoms with Crippen molar-refractivity contribution in [3.63, 3.8) is 0 Å². The van der Waals surface area contributed by atoms with Gasteiger partial charge in [-0.2, -0.15) is 0 Å². The Kier molecular flexibility index (Phi) is 6.43. The molecule has 2 heterocycles. The summed E-state index contributed by atoms with van der Waals surface area (Å²) in [6.45, 7) is 2.28. The molecule has 0 aliphatic heterocycles. The summed E-state index contributed by atoms with van der Waals surface area (Å²) in [4.78, 5) is 15.0. The molecule has 0 saturated carbocycles. The summed E-state index contributed by atoms with van der Waals surface area (Å²) in [5.74, 6) is 2.63. The summed E-state index contributed by atoms with van der Waals surface area (Å²) >= 11 is 3.23. The predicted octanol–water partition coefficient (Wildman–Crippen LogP) is 4.80. The van der Waals surface area contributed by atoms with Gasteiger partial charge < -0.3 is 14.6 Å². The normalized spacial score (nSPS) is 15.6. The highest BCUT2D eigenvalue weighted by Gasteiger charge is 2.22. The molecule has 8 heteroatoms. The van der Waals surface area contributed by atoms with Crippen molar-refractivity contribution in [2.45, 2.75) is 37.8 Å². The third-order valence-corrected chi connectivity index (χ3v) is 7.78. The van der Waals surface area contributed by atoms with Gasteiger partial charge in [-0.05, 0) is 61.1 Å². The van der Waals surface area contributed by atoms with E-state index in [2.05, 4.69) is 28.5 Å². The second-order valence-corrected chi connectivity index (χ2v) is 9.59. The molecule has 0 radical (unpaired) electrons. The summed E-state index contributed by atoms with van der Waals surface area (Å²) < 4.78 is 7.12. The number of benzene rings is 1. The van der Waals surface area contributed by atoms with Crippen molar-refractivity contribution in [1.82, 2.24) is 14.8 Å². The molecule has 1 atom stereocenters. The maximum Gasteiger partial charge on any atom is 0.234 e. The van der Waals surface area contributed by atoms with Crippen molar-refractivity contribution >= 4 is 34.7 Å². The van der Waals surface area contributed by atoms with Crippen molar-refractivity contribution in [2.24, 2.45) is 13.0 Å². The average molecular weight is 443 g/mol. The molecule has 2 aromatic heterocycles. The molecule has 158 valence electrons. The molecule has 1 aliphatic carbocycles. The molecule has 3 aromatic rings. The highest BCUT2D eigenvalue weighted by atomic mass is 32.2. The van der Waals surface area contributed by atoms with Crippen LogP contribution < -0.4 is 10.1 Å². The molecule has 1 amide bonds. The minimum atomic E-state index is -0.0769. The second kappa shape index (κ2) is 9.22. The number of nitrogens with one attached hydrogen (secondary N) is 1. The first-order valence-electron chi connectivity index (χ1n) is 10.2. The van der Waals surface area contributed by atoms with Crippen LogP contribution in [0.1, 0.15) is 30.2 Å². The molecule has 4 rings (SSSR count). The van der Waals surface area contributed by atoms with Gasteiger partial charge in [0.25, 0.3) is 0 Å². The number of rotatable bonds is 7. The number of thiophene rings is 1. The quantitative estimate of drug-likeness (QED) is 0.533. The van der Waals surface area contributed by atoms with Gasteiger partial charge in [0, 0.05) is 17.6 Å². The molecule has 0 saturated heterocycles. The smallest absolute Gasteiger partial charge is 0.234 e. The fourth-order valence-electron chi connectivity index (χ4n) is 3.71. The van der Waals surface area contributed by atoms with Gasteiger partial charge in [-0.1, -0.05) is 25.1 Å². The summed E-state index contributed by atoms with van der Waals surface area (Å²) in [5.41, 5.74) is 2.22. The molecule has 0 fully saturated rings. The Morgan fingerprint density at radius 3 is 2.87 bits per heavy atom. The van der Waals surface area contributed by atoms with E-state index >= 15 is 0 Å². The zero-order valence-electron chi connectivity index (χ0n) is 17.5. The number of methoxy groups -OCH3 is 1. The Morgan fingerprint density at radius 1 is 1.33 bits per heavy atom. The lowest BCUT2D eigenvalue weighted by Gasteiger charge is -2.19. The van der Waals surface area contributed by atoms with Crippen LogP contribution in [0.3, 0.4) is 0 Å². The zero-order chi connectivity index (χ0) is 21.1. The van der Waals surface area contributed by atoms with Crippen LogP contribution in [-0.4, -0.2) is 33.5 Å². The molecule has 1 aromatic carbocycles. The van der Waals surface area contributed by atoms with Crippen molar-refractivity contribution < 1.29 is 9.53 Å². The lowest BCUT2D eigenvalue weighted by atomic mass is 9.87. The van der Waals surface area contributed by atoms with Gasteiger partial charge in [-0.3, -0.25) is 4.79 Å². The van der Waals surface area contributed by atoms with E-state index in [9.17, 15) is 4.79 Å². The fourth-order valence-corrected chi connectivity index (χ4v) is 5.65. The number of hydrogen-bond acceptors (Lipinski definition) is 6. The Balaban J connectivity index is 1.39. The third kappa shape index (κ3) is 4.54. The number of carbonyl (C=O) groups is 1. The maximum atomic E-state index is 12.3. The van der Waals surface area contributed by atoms with Crippen LogP contribution in [0.2, 0.25) is 0 Å². The van der Waals surface area contributed by atoms with E-state index < -0.39 is 0 Å². The highest BCUT2D eigenvalue weighted by Crippen LogP contribution is 2.38. The van der Waals surface area contributed by atoms with Gasteiger partial charge in [0.05, 0.1) is 17.7 Å². The molecular formula is C22H26N4O2S2. The number of carbonyl (C=O) groups excluding carboxylic acids is 1. The number of hydrogen-bond donors (Lipinski definition) is 1. The average Bonchev–Trinajstić information content (AvgIpc) is 3.35. The largest absolute Gasteiger partial charge is 0.497 e. The Labute approximate surface area is 185 Å². The molecule has 0 bridgehead atoms. The number of fused-ring (bicyclic) bond motifs is 1. The van der Waals surface area contributed by atoms with Crippen LogP contribution in [0.25, 0.3) is 10.7 Å². The minimum absolute atomic E-state index is 0.0769. The lowest BCUT2D eigenvalue weighted by Crippen LogP contribution is -2.14. The standard InChI is InChI=1S/C22H26N4O2S2/c1-4-14-5-10-18-15(11-14)12-19(30-18)21-24-25-22(26(21)2)29-13-20(27)23-16-6-8-17(28-3)9-7-16/h6-9,12,14H,4-5,10-11,13H2,1-3H3,(H,23,27). The van der Waals surface area contributed by atoms with E-state index in [4.69, 9.17) is 4.74 Å². The molecular weight excluding hydrogens is 416 g/mol. The van der Waals surface area contributed by atoms with E-state index in [1.54, 1.807) is 7.11 Å². The van der Waals surface area contributed by atoms with E-state index in [0.29, 0.717) is 0 Å². The first-order chi connectivity index (χ1) is 14.6. The summed E-state index contributed by atoms with van der Waals surface area (Å²) in [6.07, 6.45) is 4.87. The SMILES string of the molecule is CCC1CCc2sc(-c3nnc(SCC(=O)Nc4ccc(OC)cc4)n3C)cc2C1. The van der Waals surface area contributed by atoms with E-state index in [1.807, 2.05) is 47.2 Å². The van der Waals surface area contributed by atoms with Crippen LogP contribution in [-0.2, 0) is 24.7 Å². The number of aromatic nitrogens is 3. The molecule has 1 aliphatic rings. The molecule has 0 spiro atoms. The highest BCUT2D eigenvalue weighted by molar-refractivity contribution is 7.99. The minimum Gasteiger partial charge on any atom is -0.497 e. The summed E-state index contributed by atoms with van der Waals surface area (Å²) in [7, 11) is 3.58. The fraction of sp³-hybridized carbons (Fsp3) is 0.409. The lowest BCUT2D eigenvalue weighted by molar-refractivity contribution is -0.113. The van der Waals surface area contributed by atoms with Crippen molar-refractivity contribution in [3.8, 4) is 16.5 Å². The molecule has 1 unspecified atom stereocenters. The van der Waals surface area contributed by atoms with Crippen molar-refractivity contribution in [2.75, 3.05) is 18.2 Å². The third-order valence-electron chi connectivity index (χ3n) is 5.52. The van der Waals surface area contributed by atoms with E-state index in [0.717, 1.165) is 28.3 Å².